The average molecular weight is 279 g/mol. The van der Waals surface area contributed by atoms with E-state index in [9.17, 15) is 4.79 Å². The molecule has 2 rings (SSSR count). The number of ether oxygens (including phenoxy) is 2. The van der Waals surface area contributed by atoms with E-state index in [0.717, 1.165) is 31.6 Å². The second-order valence-corrected chi connectivity index (χ2v) is 4.99. The summed E-state index contributed by atoms with van der Waals surface area (Å²) in [5.41, 5.74) is 12.5. The van der Waals surface area contributed by atoms with Crippen LogP contribution in [0.1, 0.15) is 12.8 Å². The van der Waals surface area contributed by atoms with Crippen molar-refractivity contribution in [2.24, 2.45) is 11.7 Å². The van der Waals surface area contributed by atoms with Gasteiger partial charge >= 0.3 is 6.09 Å². The summed E-state index contributed by atoms with van der Waals surface area (Å²) in [5, 5.41) is 0. The summed E-state index contributed by atoms with van der Waals surface area (Å²) >= 11 is 0. The van der Waals surface area contributed by atoms with Crippen LogP contribution in [-0.4, -0.2) is 32.9 Å². The van der Waals surface area contributed by atoms with Crippen molar-refractivity contribution < 1.29 is 14.3 Å². The van der Waals surface area contributed by atoms with Crippen LogP contribution in [0.15, 0.2) is 18.2 Å². The molecule has 0 aromatic heterocycles. The highest BCUT2D eigenvalue weighted by Gasteiger charge is 2.21. The van der Waals surface area contributed by atoms with Gasteiger partial charge in [0.15, 0.2) is 0 Å². The van der Waals surface area contributed by atoms with Gasteiger partial charge in [0.05, 0.1) is 19.4 Å². The Morgan fingerprint density at radius 1 is 1.40 bits per heavy atom. The second-order valence-electron chi connectivity index (χ2n) is 4.99. The van der Waals surface area contributed by atoms with Gasteiger partial charge in [-0.1, -0.05) is 0 Å². The fraction of sp³-hybridized carbons (Fsp3) is 0.500. The molecule has 1 aromatic rings. The van der Waals surface area contributed by atoms with E-state index in [2.05, 4.69) is 4.90 Å². The Morgan fingerprint density at radius 2 is 2.10 bits per heavy atom. The van der Waals surface area contributed by atoms with E-state index in [0.29, 0.717) is 24.0 Å². The van der Waals surface area contributed by atoms with Crippen LogP contribution in [0.5, 0.6) is 5.75 Å². The zero-order chi connectivity index (χ0) is 14.5. The number of hydrogen-bond donors (Lipinski definition) is 2. The first kappa shape index (κ1) is 14.3. The summed E-state index contributed by atoms with van der Waals surface area (Å²) in [4.78, 5) is 12.9. The maximum Gasteiger partial charge on any atom is 0.404 e. The van der Waals surface area contributed by atoms with Gasteiger partial charge in [0.2, 0.25) is 0 Å². The lowest BCUT2D eigenvalue weighted by Crippen LogP contribution is -2.35. The molecule has 1 aliphatic heterocycles. The molecule has 0 bridgehead atoms. The molecule has 0 atom stereocenters. The van der Waals surface area contributed by atoms with Crippen LogP contribution < -0.4 is 21.1 Å². The SMILES string of the molecule is COc1cc(N2CCC(COC(N)=O)CC2)ccc1N. The summed E-state index contributed by atoms with van der Waals surface area (Å²) in [7, 11) is 1.61. The predicted octanol–water partition coefficient (Wildman–Crippen LogP) is 1.59. The summed E-state index contributed by atoms with van der Waals surface area (Å²) in [6, 6.07) is 5.81. The van der Waals surface area contributed by atoms with Gasteiger partial charge in [-0.3, -0.25) is 0 Å². The fourth-order valence-corrected chi connectivity index (χ4v) is 2.45. The number of piperidine rings is 1. The first-order valence-electron chi connectivity index (χ1n) is 6.71. The molecule has 1 fully saturated rings. The number of carbonyl (C=O) groups excluding carboxylic acids is 1. The normalized spacial score (nSPS) is 15.9. The van der Waals surface area contributed by atoms with Gasteiger partial charge in [0, 0.05) is 24.8 Å². The lowest BCUT2D eigenvalue weighted by Gasteiger charge is -2.33. The average Bonchev–Trinajstić information content (AvgIpc) is 2.46. The first-order chi connectivity index (χ1) is 9.60. The number of carbonyl (C=O) groups is 1. The summed E-state index contributed by atoms with van der Waals surface area (Å²) in [6.07, 6.45) is 1.25. The van der Waals surface area contributed by atoms with Gasteiger partial charge < -0.3 is 25.8 Å². The van der Waals surface area contributed by atoms with Crippen molar-refractivity contribution in [3.63, 3.8) is 0 Å². The molecule has 1 heterocycles. The third kappa shape index (κ3) is 3.46. The number of methoxy groups -OCH3 is 1. The molecular weight excluding hydrogens is 258 g/mol. The number of benzene rings is 1. The standard InChI is InChI=1S/C14H21N3O3/c1-19-13-8-11(2-3-12(13)15)17-6-4-10(5-7-17)9-20-14(16)18/h2-3,8,10H,4-7,9,15H2,1H3,(H2,16,18). The molecule has 110 valence electrons. The number of amides is 1. The van der Waals surface area contributed by atoms with Gasteiger partial charge in [0.25, 0.3) is 0 Å². The number of nitrogens with zero attached hydrogens (tertiary/aromatic N) is 1. The molecule has 4 N–H and O–H groups in total. The topological polar surface area (TPSA) is 90.8 Å². The van der Waals surface area contributed by atoms with Crippen molar-refractivity contribution in [2.75, 3.05) is 37.4 Å². The van der Waals surface area contributed by atoms with Crippen molar-refractivity contribution in [3.8, 4) is 5.75 Å². The van der Waals surface area contributed by atoms with Crippen molar-refractivity contribution >= 4 is 17.5 Å². The van der Waals surface area contributed by atoms with Gasteiger partial charge in [-0.2, -0.15) is 0 Å². The number of anilines is 2. The van der Waals surface area contributed by atoms with Gasteiger partial charge in [-0.25, -0.2) is 4.79 Å². The number of rotatable bonds is 4. The van der Waals surface area contributed by atoms with E-state index in [1.54, 1.807) is 7.11 Å². The number of hydrogen-bond acceptors (Lipinski definition) is 5. The lowest BCUT2D eigenvalue weighted by molar-refractivity contribution is 0.129. The molecule has 0 aliphatic carbocycles. The van der Waals surface area contributed by atoms with Crippen molar-refractivity contribution in [1.82, 2.24) is 0 Å². The van der Waals surface area contributed by atoms with Gasteiger partial charge in [0.1, 0.15) is 5.75 Å². The van der Waals surface area contributed by atoms with Crippen LogP contribution in [0.4, 0.5) is 16.2 Å². The molecule has 6 nitrogen and oxygen atoms in total. The molecule has 1 aromatic carbocycles. The van der Waals surface area contributed by atoms with Crippen LogP contribution in [0.3, 0.4) is 0 Å². The molecule has 0 radical (unpaired) electrons. The summed E-state index contributed by atoms with van der Waals surface area (Å²) in [5.74, 6) is 1.08. The third-order valence-electron chi connectivity index (χ3n) is 3.66. The Balaban J connectivity index is 1.91. The molecule has 20 heavy (non-hydrogen) atoms. The van der Waals surface area contributed by atoms with Crippen molar-refractivity contribution in [3.05, 3.63) is 18.2 Å². The first-order valence-corrected chi connectivity index (χ1v) is 6.71. The van der Waals surface area contributed by atoms with Gasteiger partial charge in [-0.05, 0) is 30.9 Å². The predicted molar refractivity (Wildman–Crippen MR) is 77.9 cm³/mol. The minimum Gasteiger partial charge on any atom is -0.495 e. The number of nitrogens with two attached hydrogens (primary N) is 2. The van der Waals surface area contributed by atoms with Crippen LogP contribution >= 0.6 is 0 Å². The quantitative estimate of drug-likeness (QED) is 0.817. The molecular formula is C14H21N3O3. The van der Waals surface area contributed by atoms with E-state index >= 15 is 0 Å². The molecule has 0 unspecified atom stereocenters. The maximum absolute atomic E-state index is 10.6. The summed E-state index contributed by atoms with van der Waals surface area (Å²) < 4.78 is 10.1. The molecule has 1 aliphatic rings. The highest BCUT2D eigenvalue weighted by molar-refractivity contribution is 5.64. The zero-order valence-electron chi connectivity index (χ0n) is 11.7. The number of nitrogen functional groups attached to an aromatic ring is 1. The van der Waals surface area contributed by atoms with E-state index in [1.807, 2.05) is 18.2 Å². The minimum absolute atomic E-state index is 0.384. The smallest absolute Gasteiger partial charge is 0.404 e. The van der Waals surface area contributed by atoms with Crippen LogP contribution in [0, 0.1) is 5.92 Å². The highest BCUT2D eigenvalue weighted by Crippen LogP contribution is 2.30. The van der Waals surface area contributed by atoms with Crippen LogP contribution in [0.25, 0.3) is 0 Å². The van der Waals surface area contributed by atoms with Gasteiger partial charge in [-0.15, -0.1) is 0 Å². The molecule has 1 amide bonds. The Kier molecular flexibility index (Phi) is 4.55. The molecule has 0 spiro atoms. The largest absolute Gasteiger partial charge is 0.495 e. The molecule has 0 saturated carbocycles. The molecule has 1 saturated heterocycles. The van der Waals surface area contributed by atoms with Crippen LogP contribution in [-0.2, 0) is 4.74 Å². The van der Waals surface area contributed by atoms with E-state index in [4.69, 9.17) is 20.9 Å². The van der Waals surface area contributed by atoms with Crippen LogP contribution in [0.2, 0.25) is 0 Å². The van der Waals surface area contributed by atoms with Crippen molar-refractivity contribution in [2.45, 2.75) is 12.8 Å². The molecule has 6 heteroatoms. The van der Waals surface area contributed by atoms with E-state index < -0.39 is 6.09 Å². The second kappa shape index (κ2) is 6.36. The Morgan fingerprint density at radius 3 is 2.70 bits per heavy atom. The Bertz CT molecular complexity index is 471. The highest BCUT2D eigenvalue weighted by atomic mass is 16.5. The Labute approximate surface area is 118 Å². The minimum atomic E-state index is -0.698. The summed E-state index contributed by atoms with van der Waals surface area (Å²) in [6.45, 7) is 2.24. The number of primary amides is 1. The maximum atomic E-state index is 10.6. The third-order valence-corrected chi connectivity index (χ3v) is 3.66. The van der Waals surface area contributed by atoms with E-state index in [-0.39, 0.29) is 0 Å². The lowest BCUT2D eigenvalue weighted by atomic mass is 9.97. The Hall–Kier alpha value is -2.11. The fourth-order valence-electron chi connectivity index (χ4n) is 2.45. The monoisotopic (exact) mass is 279 g/mol. The zero-order valence-corrected chi connectivity index (χ0v) is 11.7. The van der Waals surface area contributed by atoms with E-state index in [1.165, 1.54) is 0 Å². The van der Waals surface area contributed by atoms with Crippen molar-refractivity contribution in [1.29, 1.82) is 0 Å².